The number of halogens is 1. The number of esters is 1. The van der Waals surface area contributed by atoms with Gasteiger partial charge in [-0.05, 0) is 6.07 Å². The number of pyridine rings is 1. The van der Waals surface area contributed by atoms with Gasteiger partial charge in [0.25, 0.3) is 0 Å². The number of nitrogens with zero attached hydrogens (tertiary/aromatic N) is 2. The van der Waals surface area contributed by atoms with Crippen LogP contribution in [0.5, 0.6) is 5.88 Å². The van der Waals surface area contributed by atoms with Gasteiger partial charge in [-0.15, -0.1) is 0 Å². The van der Waals surface area contributed by atoms with Gasteiger partial charge in [-0.1, -0.05) is 11.6 Å². The Morgan fingerprint density at radius 2 is 2.19 bits per heavy atom. The number of aromatic nitrogens is 2. The molecule has 0 aromatic carbocycles. The van der Waals surface area contributed by atoms with E-state index in [2.05, 4.69) is 9.84 Å². The first-order chi connectivity index (χ1) is 7.67. The average Bonchev–Trinajstić information content (AvgIpc) is 2.70. The summed E-state index contributed by atoms with van der Waals surface area (Å²) >= 11 is 5.91. The van der Waals surface area contributed by atoms with E-state index in [1.54, 1.807) is 12.1 Å². The minimum Gasteiger partial charge on any atom is -0.481 e. The third-order valence-corrected chi connectivity index (χ3v) is 2.38. The van der Waals surface area contributed by atoms with E-state index in [1.165, 1.54) is 24.9 Å². The summed E-state index contributed by atoms with van der Waals surface area (Å²) in [5.41, 5.74) is 0.902. The Bertz CT molecular complexity index is 550. The van der Waals surface area contributed by atoms with E-state index in [9.17, 15) is 4.79 Å². The molecule has 0 spiro atoms. The van der Waals surface area contributed by atoms with Gasteiger partial charge in [0.15, 0.2) is 0 Å². The molecule has 0 atom stereocenters. The highest BCUT2D eigenvalue weighted by molar-refractivity contribution is 6.31. The van der Waals surface area contributed by atoms with Gasteiger partial charge in [0.2, 0.25) is 5.88 Å². The summed E-state index contributed by atoms with van der Waals surface area (Å²) in [6, 6.07) is 3.24. The van der Waals surface area contributed by atoms with Crippen molar-refractivity contribution in [1.29, 1.82) is 0 Å². The predicted octanol–water partition coefficient (Wildman–Crippen LogP) is 1.78. The lowest BCUT2D eigenvalue weighted by atomic mass is 10.2. The maximum absolute atomic E-state index is 11.4. The predicted molar refractivity (Wildman–Crippen MR) is 58.1 cm³/mol. The molecule has 0 aliphatic rings. The van der Waals surface area contributed by atoms with Crippen molar-refractivity contribution in [3.05, 3.63) is 28.9 Å². The molecule has 2 rings (SSSR count). The van der Waals surface area contributed by atoms with Gasteiger partial charge in [-0.3, -0.25) is 0 Å². The smallest absolute Gasteiger partial charge is 0.341 e. The van der Waals surface area contributed by atoms with E-state index < -0.39 is 5.97 Å². The number of ether oxygens (including phenoxy) is 2. The van der Waals surface area contributed by atoms with E-state index in [4.69, 9.17) is 16.3 Å². The van der Waals surface area contributed by atoms with Crippen LogP contribution in [0.15, 0.2) is 18.3 Å². The summed E-state index contributed by atoms with van der Waals surface area (Å²) in [7, 11) is 2.82. The van der Waals surface area contributed by atoms with Gasteiger partial charge in [0.1, 0.15) is 5.56 Å². The van der Waals surface area contributed by atoms with Gasteiger partial charge in [0.05, 0.1) is 25.9 Å². The molecule has 0 radical (unpaired) electrons. The molecule has 6 heteroatoms. The van der Waals surface area contributed by atoms with Crippen molar-refractivity contribution in [2.45, 2.75) is 0 Å². The molecule has 0 aliphatic carbocycles. The molecular weight excluding hydrogens is 232 g/mol. The minimum atomic E-state index is -0.459. The molecule has 2 aromatic rings. The minimum absolute atomic E-state index is 0.350. The van der Waals surface area contributed by atoms with Crippen molar-refractivity contribution < 1.29 is 14.3 Å². The summed E-state index contributed by atoms with van der Waals surface area (Å²) in [5.74, 6) is -0.00280. The zero-order valence-electron chi connectivity index (χ0n) is 8.73. The summed E-state index contributed by atoms with van der Waals surface area (Å²) in [6.07, 6.45) is 1.42. The Labute approximate surface area is 96.5 Å². The molecule has 0 saturated carbocycles. The molecule has 0 saturated heterocycles. The first-order valence-corrected chi connectivity index (χ1v) is 4.84. The fourth-order valence-corrected chi connectivity index (χ4v) is 1.63. The highest BCUT2D eigenvalue weighted by atomic mass is 35.5. The third kappa shape index (κ3) is 1.59. The fourth-order valence-electron chi connectivity index (χ4n) is 1.44. The Kier molecular flexibility index (Phi) is 2.70. The molecule has 0 unspecified atom stereocenters. The van der Waals surface area contributed by atoms with Crippen molar-refractivity contribution in [2.24, 2.45) is 0 Å². The van der Waals surface area contributed by atoms with Crippen molar-refractivity contribution in [1.82, 2.24) is 9.61 Å². The molecule has 0 amide bonds. The molecule has 84 valence electrons. The molecular formula is C10H9ClN2O3. The summed E-state index contributed by atoms with van der Waals surface area (Å²) in [4.78, 5) is 11.4. The Morgan fingerprint density at radius 1 is 1.44 bits per heavy atom. The SMILES string of the molecule is COC(=O)c1cnn2c(OC)cc(Cl)cc12. The number of carbonyl (C=O) groups excluding carboxylic acids is 1. The summed E-state index contributed by atoms with van der Waals surface area (Å²) in [6.45, 7) is 0. The van der Waals surface area contributed by atoms with Crippen molar-refractivity contribution in [3.63, 3.8) is 0 Å². The monoisotopic (exact) mass is 240 g/mol. The molecule has 0 fully saturated rings. The number of carbonyl (C=O) groups is 1. The van der Waals surface area contributed by atoms with E-state index in [-0.39, 0.29) is 0 Å². The maximum atomic E-state index is 11.4. The van der Waals surface area contributed by atoms with Crippen LogP contribution in [0, 0.1) is 0 Å². The van der Waals surface area contributed by atoms with Crippen LogP contribution < -0.4 is 4.74 Å². The van der Waals surface area contributed by atoms with Crippen molar-refractivity contribution in [2.75, 3.05) is 14.2 Å². The highest BCUT2D eigenvalue weighted by Crippen LogP contribution is 2.23. The van der Waals surface area contributed by atoms with E-state index >= 15 is 0 Å². The van der Waals surface area contributed by atoms with Crippen LogP contribution >= 0.6 is 11.6 Å². The first kappa shape index (κ1) is 10.8. The average molecular weight is 241 g/mol. The van der Waals surface area contributed by atoms with Crippen LogP contribution in [0.25, 0.3) is 5.52 Å². The zero-order valence-corrected chi connectivity index (χ0v) is 9.49. The third-order valence-electron chi connectivity index (χ3n) is 2.17. The molecule has 0 N–H and O–H groups in total. The summed E-state index contributed by atoms with van der Waals surface area (Å²) < 4.78 is 11.2. The van der Waals surface area contributed by atoms with Gasteiger partial charge in [-0.2, -0.15) is 5.10 Å². The second-order valence-electron chi connectivity index (χ2n) is 3.06. The lowest BCUT2D eigenvalue weighted by molar-refractivity contribution is 0.0603. The standard InChI is InChI=1S/C10H9ClN2O3/c1-15-9-4-6(11)3-8-7(10(14)16-2)5-12-13(8)9/h3-5H,1-2H3. The second kappa shape index (κ2) is 4.02. The fraction of sp³-hybridized carbons (Fsp3) is 0.200. The first-order valence-electron chi connectivity index (χ1n) is 4.47. The molecule has 16 heavy (non-hydrogen) atoms. The van der Waals surface area contributed by atoms with Crippen LogP contribution in [0.4, 0.5) is 0 Å². The highest BCUT2D eigenvalue weighted by Gasteiger charge is 2.15. The Hall–Kier alpha value is -1.75. The van der Waals surface area contributed by atoms with Crippen LogP contribution in [0.1, 0.15) is 10.4 Å². The normalized spacial score (nSPS) is 10.4. The van der Waals surface area contributed by atoms with E-state index in [0.29, 0.717) is 22.0 Å². The topological polar surface area (TPSA) is 52.8 Å². The molecule has 0 bridgehead atoms. The Morgan fingerprint density at radius 3 is 2.81 bits per heavy atom. The lowest BCUT2D eigenvalue weighted by Crippen LogP contribution is -2.01. The molecule has 0 aliphatic heterocycles. The van der Waals surface area contributed by atoms with E-state index in [0.717, 1.165) is 0 Å². The number of hydrogen-bond acceptors (Lipinski definition) is 4. The molecule has 2 aromatic heterocycles. The molecule has 2 heterocycles. The van der Waals surface area contributed by atoms with E-state index in [1.807, 2.05) is 0 Å². The van der Waals surface area contributed by atoms with Gasteiger partial charge < -0.3 is 9.47 Å². The van der Waals surface area contributed by atoms with Crippen LogP contribution in [-0.2, 0) is 4.74 Å². The zero-order chi connectivity index (χ0) is 11.7. The van der Waals surface area contributed by atoms with Crippen molar-refractivity contribution >= 4 is 23.1 Å². The van der Waals surface area contributed by atoms with Gasteiger partial charge in [0, 0.05) is 11.1 Å². The largest absolute Gasteiger partial charge is 0.481 e. The Balaban J connectivity index is 2.72. The van der Waals surface area contributed by atoms with Crippen LogP contribution in [0.3, 0.4) is 0 Å². The number of methoxy groups -OCH3 is 2. The summed E-state index contributed by atoms with van der Waals surface area (Å²) in [5, 5.41) is 4.50. The van der Waals surface area contributed by atoms with Crippen LogP contribution in [-0.4, -0.2) is 29.8 Å². The van der Waals surface area contributed by atoms with Crippen molar-refractivity contribution in [3.8, 4) is 5.88 Å². The van der Waals surface area contributed by atoms with Crippen LogP contribution in [0.2, 0.25) is 5.02 Å². The quantitative estimate of drug-likeness (QED) is 0.751. The maximum Gasteiger partial charge on any atom is 0.341 e. The number of fused-ring (bicyclic) bond motifs is 1. The second-order valence-corrected chi connectivity index (χ2v) is 3.50. The van der Waals surface area contributed by atoms with Gasteiger partial charge in [-0.25, -0.2) is 9.31 Å². The molecule has 5 nitrogen and oxygen atoms in total. The number of rotatable bonds is 2. The number of hydrogen-bond donors (Lipinski definition) is 0. The van der Waals surface area contributed by atoms with Gasteiger partial charge >= 0.3 is 5.97 Å². The lowest BCUT2D eigenvalue weighted by Gasteiger charge is -2.04.